The summed E-state index contributed by atoms with van der Waals surface area (Å²) in [6, 6.07) is 20.3. The zero-order valence-corrected chi connectivity index (χ0v) is 21.3. The molecule has 0 saturated carbocycles. The van der Waals surface area contributed by atoms with Crippen LogP contribution >= 0.6 is 23.4 Å². The van der Waals surface area contributed by atoms with Crippen molar-refractivity contribution < 1.29 is 4.79 Å². The first-order valence-electron chi connectivity index (χ1n) is 11.6. The van der Waals surface area contributed by atoms with E-state index in [9.17, 15) is 4.79 Å². The Morgan fingerprint density at radius 1 is 1.09 bits per heavy atom. The number of aromatic nitrogens is 2. The Balaban J connectivity index is 1.53. The lowest BCUT2D eigenvalue weighted by atomic mass is 9.89. The second-order valence-electron chi connectivity index (χ2n) is 8.68. The maximum absolute atomic E-state index is 13.7. The third-order valence-electron chi connectivity index (χ3n) is 6.48. The van der Waals surface area contributed by atoms with Crippen LogP contribution in [0.4, 0.5) is 5.69 Å². The highest BCUT2D eigenvalue weighted by molar-refractivity contribution is 7.98. The predicted molar refractivity (Wildman–Crippen MR) is 144 cm³/mol. The number of aryl methyl sites for hydroxylation is 1. The molecule has 3 aromatic carbocycles. The Bertz CT molecular complexity index is 1370. The van der Waals surface area contributed by atoms with Gasteiger partial charge in [0.05, 0.1) is 18.6 Å². The molecule has 0 radical (unpaired) electrons. The van der Waals surface area contributed by atoms with Gasteiger partial charge in [0.25, 0.3) is 5.91 Å². The van der Waals surface area contributed by atoms with E-state index in [4.69, 9.17) is 11.6 Å². The molecule has 178 valence electrons. The van der Waals surface area contributed by atoms with Gasteiger partial charge in [0, 0.05) is 40.0 Å². The number of amides is 1. The van der Waals surface area contributed by atoms with Crippen molar-refractivity contribution in [2.24, 2.45) is 0 Å². The zero-order chi connectivity index (χ0) is 24.4. The van der Waals surface area contributed by atoms with E-state index in [1.807, 2.05) is 42.2 Å². The molecule has 35 heavy (non-hydrogen) atoms. The van der Waals surface area contributed by atoms with Crippen molar-refractivity contribution in [3.8, 4) is 11.1 Å². The molecule has 1 amide bonds. The second kappa shape index (κ2) is 10.2. The van der Waals surface area contributed by atoms with Crippen LogP contribution in [-0.2, 0) is 19.5 Å². The molecule has 0 fully saturated rings. The third-order valence-corrected chi connectivity index (χ3v) is 7.53. The average molecular weight is 503 g/mol. The van der Waals surface area contributed by atoms with Crippen LogP contribution in [0.25, 0.3) is 11.1 Å². The standard InChI is InChI=1S/C28H27ClN4OS/c1-18-26(32-17-31-18)15-30-21-13-24(23-5-3-4-6-27(23)35-2)22-11-12-33(28(34)25(22)14-21)16-19-7-9-20(29)10-8-19/h3-10,13-14,17,30H,11-12,15-16H2,1-2H3,(H,31,32). The van der Waals surface area contributed by atoms with Gasteiger partial charge in [-0.15, -0.1) is 11.8 Å². The summed E-state index contributed by atoms with van der Waals surface area (Å²) < 4.78 is 0. The number of halogens is 1. The third kappa shape index (κ3) is 4.95. The highest BCUT2D eigenvalue weighted by Crippen LogP contribution is 2.38. The molecule has 0 saturated heterocycles. The Labute approximate surface area is 214 Å². The number of aromatic amines is 1. The topological polar surface area (TPSA) is 61.0 Å². The highest BCUT2D eigenvalue weighted by atomic mass is 35.5. The number of nitrogens with one attached hydrogen (secondary N) is 2. The largest absolute Gasteiger partial charge is 0.379 e. The van der Waals surface area contributed by atoms with E-state index in [0.717, 1.165) is 51.3 Å². The van der Waals surface area contributed by atoms with Gasteiger partial charge in [-0.2, -0.15) is 0 Å². The van der Waals surface area contributed by atoms with E-state index in [2.05, 4.69) is 51.9 Å². The molecule has 1 aromatic heterocycles. The molecule has 0 bridgehead atoms. The quantitative estimate of drug-likeness (QED) is 0.280. The van der Waals surface area contributed by atoms with Crippen LogP contribution < -0.4 is 5.32 Å². The van der Waals surface area contributed by atoms with Crippen molar-refractivity contribution in [2.75, 3.05) is 18.1 Å². The van der Waals surface area contributed by atoms with Gasteiger partial charge in [0.2, 0.25) is 0 Å². The van der Waals surface area contributed by atoms with Crippen molar-refractivity contribution >= 4 is 35.0 Å². The Morgan fingerprint density at radius 2 is 1.86 bits per heavy atom. The number of carbonyl (C=O) groups is 1. The number of anilines is 1. The number of benzene rings is 3. The average Bonchev–Trinajstić information content (AvgIpc) is 3.30. The summed E-state index contributed by atoms with van der Waals surface area (Å²) in [7, 11) is 0. The van der Waals surface area contributed by atoms with Gasteiger partial charge < -0.3 is 15.2 Å². The molecule has 5 rings (SSSR count). The van der Waals surface area contributed by atoms with Crippen molar-refractivity contribution in [1.82, 2.24) is 14.9 Å². The number of thioether (sulfide) groups is 1. The minimum absolute atomic E-state index is 0.0590. The maximum Gasteiger partial charge on any atom is 0.254 e. The monoisotopic (exact) mass is 502 g/mol. The number of rotatable bonds is 7. The van der Waals surface area contributed by atoms with Crippen LogP contribution in [0.3, 0.4) is 0 Å². The number of carbonyl (C=O) groups excluding carboxylic acids is 1. The summed E-state index contributed by atoms with van der Waals surface area (Å²) in [5, 5.41) is 4.20. The van der Waals surface area contributed by atoms with Gasteiger partial charge in [-0.05, 0) is 72.2 Å². The van der Waals surface area contributed by atoms with Crippen LogP contribution in [0.15, 0.2) is 71.9 Å². The highest BCUT2D eigenvalue weighted by Gasteiger charge is 2.28. The molecule has 4 aromatic rings. The van der Waals surface area contributed by atoms with Crippen LogP contribution in [0, 0.1) is 6.92 Å². The lowest BCUT2D eigenvalue weighted by molar-refractivity contribution is 0.0727. The van der Waals surface area contributed by atoms with E-state index in [1.54, 1.807) is 18.1 Å². The number of hydrogen-bond acceptors (Lipinski definition) is 4. The Kier molecular flexibility index (Phi) is 6.84. The summed E-state index contributed by atoms with van der Waals surface area (Å²) in [6.07, 6.45) is 4.61. The van der Waals surface area contributed by atoms with E-state index in [0.29, 0.717) is 24.7 Å². The summed E-state index contributed by atoms with van der Waals surface area (Å²) in [5.74, 6) is 0.0590. The molecular formula is C28H27ClN4OS. The minimum Gasteiger partial charge on any atom is -0.379 e. The molecule has 0 spiro atoms. The van der Waals surface area contributed by atoms with Crippen molar-refractivity contribution in [2.45, 2.75) is 31.3 Å². The summed E-state index contributed by atoms with van der Waals surface area (Å²) in [4.78, 5) is 24.4. The van der Waals surface area contributed by atoms with Crippen LogP contribution in [-0.4, -0.2) is 33.6 Å². The first-order chi connectivity index (χ1) is 17.0. The van der Waals surface area contributed by atoms with Crippen molar-refractivity contribution in [3.05, 3.63) is 100 Å². The smallest absolute Gasteiger partial charge is 0.254 e. The van der Waals surface area contributed by atoms with Gasteiger partial charge in [0.1, 0.15) is 0 Å². The number of hydrogen-bond donors (Lipinski definition) is 2. The molecule has 1 aliphatic heterocycles. The normalized spacial score (nSPS) is 13.1. The molecule has 2 N–H and O–H groups in total. The van der Waals surface area contributed by atoms with E-state index in [1.165, 1.54) is 4.90 Å². The van der Waals surface area contributed by atoms with Gasteiger partial charge in [-0.25, -0.2) is 4.98 Å². The molecule has 0 aliphatic carbocycles. The number of nitrogens with zero attached hydrogens (tertiary/aromatic N) is 2. The van der Waals surface area contributed by atoms with E-state index < -0.39 is 0 Å². The predicted octanol–water partition coefficient (Wildman–Crippen LogP) is 6.57. The number of imidazole rings is 1. The van der Waals surface area contributed by atoms with Crippen molar-refractivity contribution in [1.29, 1.82) is 0 Å². The van der Waals surface area contributed by atoms with Crippen molar-refractivity contribution in [3.63, 3.8) is 0 Å². The van der Waals surface area contributed by atoms with E-state index >= 15 is 0 Å². The number of H-pyrrole nitrogens is 1. The van der Waals surface area contributed by atoms with Gasteiger partial charge >= 0.3 is 0 Å². The molecule has 7 heteroatoms. The minimum atomic E-state index is 0.0590. The fourth-order valence-corrected chi connectivity index (χ4v) is 5.31. The zero-order valence-electron chi connectivity index (χ0n) is 19.8. The second-order valence-corrected chi connectivity index (χ2v) is 9.97. The molecule has 2 heterocycles. The van der Waals surface area contributed by atoms with Crippen LogP contribution in [0.5, 0.6) is 0 Å². The SMILES string of the molecule is CSc1ccccc1-c1cc(NCc2nc[nH]c2C)cc2c1CCN(Cc1ccc(Cl)cc1)C2=O. The van der Waals surface area contributed by atoms with Gasteiger partial charge in [0.15, 0.2) is 0 Å². The first kappa shape index (κ1) is 23.5. The van der Waals surface area contributed by atoms with Crippen LogP contribution in [0.1, 0.15) is 32.9 Å². The Morgan fingerprint density at radius 3 is 2.60 bits per heavy atom. The lowest BCUT2D eigenvalue weighted by Crippen LogP contribution is -2.37. The molecule has 0 unspecified atom stereocenters. The van der Waals surface area contributed by atoms with Gasteiger partial charge in [-0.1, -0.05) is 41.9 Å². The summed E-state index contributed by atoms with van der Waals surface area (Å²) in [6.45, 7) is 3.84. The fourth-order valence-electron chi connectivity index (χ4n) is 4.57. The lowest BCUT2D eigenvalue weighted by Gasteiger charge is -2.31. The fraction of sp³-hybridized carbons (Fsp3) is 0.214. The van der Waals surface area contributed by atoms with Crippen LogP contribution in [0.2, 0.25) is 5.02 Å². The summed E-state index contributed by atoms with van der Waals surface area (Å²) >= 11 is 7.77. The first-order valence-corrected chi connectivity index (χ1v) is 13.2. The Hall–Kier alpha value is -3.22. The van der Waals surface area contributed by atoms with Gasteiger partial charge in [-0.3, -0.25) is 4.79 Å². The molecule has 5 nitrogen and oxygen atoms in total. The summed E-state index contributed by atoms with van der Waals surface area (Å²) in [5.41, 5.74) is 8.15. The number of fused-ring (bicyclic) bond motifs is 1. The van der Waals surface area contributed by atoms with E-state index in [-0.39, 0.29) is 5.91 Å². The maximum atomic E-state index is 13.7. The molecule has 1 aliphatic rings. The molecular weight excluding hydrogens is 476 g/mol. The molecule has 0 atom stereocenters.